The molecule has 2 rings (SSSR count). The molecule has 0 aliphatic carbocycles. The Morgan fingerprint density at radius 1 is 1.41 bits per heavy atom. The molecule has 1 amide bonds. The first kappa shape index (κ1) is 12.8. The molecule has 2 saturated heterocycles. The van der Waals surface area contributed by atoms with Crippen LogP contribution in [-0.2, 0) is 14.3 Å². The van der Waals surface area contributed by atoms with Crippen LogP contribution in [0.1, 0.15) is 13.3 Å². The van der Waals surface area contributed by atoms with Crippen molar-refractivity contribution in [2.75, 3.05) is 39.9 Å². The number of amides is 1. The van der Waals surface area contributed by atoms with Gasteiger partial charge in [-0.25, -0.2) is 0 Å². The van der Waals surface area contributed by atoms with E-state index in [4.69, 9.17) is 9.47 Å². The second-order valence-electron chi connectivity index (χ2n) is 4.70. The number of rotatable bonds is 4. The standard InChI is InChI=1S/C12H22N2O3/c1-3-17-11-8-14(7-10(11)16-2)12(15)9-4-5-13-6-9/h9-11,13H,3-8H2,1-2H3/t9-,10-,11+/m0/s1. The minimum atomic E-state index is 0.0215. The lowest BCUT2D eigenvalue weighted by Crippen LogP contribution is -2.36. The van der Waals surface area contributed by atoms with Gasteiger partial charge in [0, 0.05) is 33.4 Å². The zero-order valence-electron chi connectivity index (χ0n) is 10.6. The first-order valence-electron chi connectivity index (χ1n) is 6.40. The minimum absolute atomic E-state index is 0.0215. The summed E-state index contributed by atoms with van der Waals surface area (Å²) in [5, 5.41) is 3.23. The highest BCUT2D eigenvalue weighted by atomic mass is 16.5. The van der Waals surface area contributed by atoms with Gasteiger partial charge in [-0.1, -0.05) is 0 Å². The van der Waals surface area contributed by atoms with Crippen LogP contribution in [0.15, 0.2) is 0 Å². The van der Waals surface area contributed by atoms with Crippen molar-refractivity contribution in [1.29, 1.82) is 0 Å². The molecule has 0 aromatic carbocycles. The summed E-state index contributed by atoms with van der Waals surface area (Å²) in [5.41, 5.74) is 0. The second-order valence-corrected chi connectivity index (χ2v) is 4.70. The normalized spacial score (nSPS) is 33.3. The SMILES string of the molecule is CCO[C@@H]1CN(C(=O)[C@H]2CCNC2)C[C@@H]1OC. The summed E-state index contributed by atoms with van der Waals surface area (Å²) in [6.45, 7) is 5.73. The topological polar surface area (TPSA) is 50.8 Å². The number of nitrogens with zero attached hydrogens (tertiary/aromatic N) is 1. The first-order valence-corrected chi connectivity index (χ1v) is 6.40. The summed E-state index contributed by atoms with van der Waals surface area (Å²) in [7, 11) is 1.68. The number of hydrogen-bond acceptors (Lipinski definition) is 4. The van der Waals surface area contributed by atoms with E-state index in [1.807, 2.05) is 11.8 Å². The average molecular weight is 242 g/mol. The molecule has 2 fully saturated rings. The predicted molar refractivity (Wildman–Crippen MR) is 63.8 cm³/mol. The largest absolute Gasteiger partial charge is 0.377 e. The number of carbonyl (C=O) groups excluding carboxylic acids is 1. The van der Waals surface area contributed by atoms with Gasteiger partial charge in [-0.3, -0.25) is 4.79 Å². The molecule has 3 atom stereocenters. The van der Waals surface area contributed by atoms with Gasteiger partial charge in [-0.15, -0.1) is 0 Å². The van der Waals surface area contributed by atoms with Gasteiger partial charge in [0.15, 0.2) is 0 Å². The Kier molecular flexibility index (Phi) is 4.36. The van der Waals surface area contributed by atoms with Crippen LogP contribution in [0.5, 0.6) is 0 Å². The van der Waals surface area contributed by atoms with E-state index >= 15 is 0 Å². The van der Waals surface area contributed by atoms with Gasteiger partial charge in [-0.2, -0.15) is 0 Å². The fourth-order valence-corrected chi connectivity index (χ4v) is 2.65. The van der Waals surface area contributed by atoms with Crippen LogP contribution >= 0.6 is 0 Å². The molecule has 0 saturated carbocycles. The van der Waals surface area contributed by atoms with Crippen molar-refractivity contribution in [1.82, 2.24) is 10.2 Å². The summed E-state index contributed by atoms with van der Waals surface area (Å²) in [6, 6.07) is 0. The Bertz CT molecular complexity index is 266. The highest BCUT2D eigenvalue weighted by Crippen LogP contribution is 2.20. The first-order chi connectivity index (χ1) is 8.26. The van der Waals surface area contributed by atoms with E-state index < -0.39 is 0 Å². The van der Waals surface area contributed by atoms with Crippen molar-refractivity contribution in [2.45, 2.75) is 25.6 Å². The quantitative estimate of drug-likeness (QED) is 0.745. The van der Waals surface area contributed by atoms with Gasteiger partial charge in [-0.05, 0) is 19.9 Å². The lowest BCUT2D eigenvalue weighted by atomic mass is 10.1. The third kappa shape index (κ3) is 2.78. The van der Waals surface area contributed by atoms with Crippen LogP contribution in [0, 0.1) is 5.92 Å². The van der Waals surface area contributed by atoms with E-state index in [9.17, 15) is 4.79 Å². The zero-order valence-corrected chi connectivity index (χ0v) is 10.6. The third-order valence-electron chi connectivity index (χ3n) is 3.62. The van der Waals surface area contributed by atoms with Crippen molar-refractivity contribution < 1.29 is 14.3 Å². The smallest absolute Gasteiger partial charge is 0.227 e. The number of carbonyl (C=O) groups is 1. The van der Waals surface area contributed by atoms with Crippen LogP contribution in [-0.4, -0.2) is 62.9 Å². The molecule has 0 unspecified atom stereocenters. The molecule has 2 aliphatic heterocycles. The molecular formula is C12H22N2O3. The number of hydrogen-bond donors (Lipinski definition) is 1. The second kappa shape index (κ2) is 5.80. The molecule has 1 N–H and O–H groups in total. The molecule has 2 aliphatic rings. The molecule has 0 radical (unpaired) electrons. The van der Waals surface area contributed by atoms with E-state index in [2.05, 4.69) is 5.32 Å². The highest BCUT2D eigenvalue weighted by molar-refractivity contribution is 5.79. The fraction of sp³-hybridized carbons (Fsp3) is 0.917. The van der Waals surface area contributed by atoms with Crippen molar-refractivity contribution in [2.24, 2.45) is 5.92 Å². The van der Waals surface area contributed by atoms with Crippen molar-refractivity contribution >= 4 is 5.91 Å². The maximum atomic E-state index is 12.2. The Hall–Kier alpha value is -0.650. The number of likely N-dealkylation sites (tertiary alicyclic amines) is 1. The summed E-state index contributed by atoms with van der Waals surface area (Å²) in [4.78, 5) is 14.1. The van der Waals surface area contributed by atoms with Crippen molar-refractivity contribution in [3.8, 4) is 0 Å². The predicted octanol–water partition coefficient (Wildman–Crippen LogP) is -0.142. The average Bonchev–Trinajstić information content (AvgIpc) is 2.97. The third-order valence-corrected chi connectivity index (χ3v) is 3.62. The lowest BCUT2D eigenvalue weighted by molar-refractivity contribution is -0.134. The Balaban J connectivity index is 1.91. The van der Waals surface area contributed by atoms with Gasteiger partial charge in [0.05, 0.1) is 5.92 Å². The van der Waals surface area contributed by atoms with Gasteiger partial charge in [0.2, 0.25) is 5.91 Å². The van der Waals surface area contributed by atoms with E-state index in [1.54, 1.807) is 7.11 Å². The van der Waals surface area contributed by atoms with E-state index in [0.29, 0.717) is 19.7 Å². The summed E-state index contributed by atoms with van der Waals surface area (Å²) in [6.07, 6.45) is 1.00. The molecule has 5 heteroatoms. The minimum Gasteiger partial charge on any atom is -0.377 e. The maximum Gasteiger partial charge on any atom is 0.227 e. The maximum absolute atomic E-state index is 12.2. The summed E-state index contributed by atoms with van der Waals surface area (Å²) in [5.74, 6) is 0.395. The van der Waals surface area contributed by atoms with Gasteiger partial charge in [0.1, 0.15) is 12.2 Å². The monoisotopic (exact) mass is 242 g/mol. The number of methoxy groups -OCH3 is 1. The fourth-order valence-electron chi connectivity index (χ4n) is 2.65. The number of ether oxygens (including phenoxy) is 2. The zero-order chi connectivity index (χ0) is 12.3. The molecule has 2 heterocycles. The molecular weight excluding hydrogens is 220 g/mol. The summed E-state index contributed by atoms with van der Waals surface area (Å²) < 4.78 is 11.0. The molecule has 0 bridgehead atoms. The van der Waals surface area contributed by atoms with E-state index in [1.165, 1.54) is 0 Å². The summed E-state index contributed by atoms with van der Waals surface area (Å²) >= 11 is 0. The van der Waals surface area contributed by atoms with Crippen molar-refractivity contribution in [3.63, 3.8) is 0 Å². The van der Waals surface area contributed by atoms with Crippen LogP contribution in [0.4, 0.5) is 0 Å². The molecule has 0 spiro atoms. The van der Waals surface area contributed by atoms with E-state index in [0.717, 1.165) is 19.5 Å². The molecule has 0 aromatic heterocycles. The van der Waals surface area contributed by atoms with Crippen LogP contribution in [0.2, 0.25) is 0 Å². The number of nitrogens with one attached hydrogen (secondary N) is 1. The van der Waals surface area contributed by atoms with Crippen molar-refractivity contribution in [3.05, 3.63) is 0 Å². The van der Waals surface area contributed by atoms with Crippen LogP contribution in [0.25, 0.3) is 0 Å². The Morgan fingerprint density at radius 3 is 2.76 bits per heavy atom. The van der Waals surface area contributed by atoms with Gasteiger partial charge in [0.25, 0.3) is 0 Å². The van der Waals surface area contributed by atoms with Gasteiger partial charge < -0.3 is 19.7 Å². The molecule has 98 valence electrons. The molecule has 17 heavy (non-hydrogen) atoms. The Morgan fingerprint density at radius 2 is 2.18 bits per heavy atom. The van der Waals surface area contributed by atoms with Crippen LogP contribution < -0.4 is 5.32 Å². The molecule has 5 nitrogen and oxygen atoms in total. The lowest BCUT2D eigenvalue weighted by Gasteiger charge is -2.19. The van der Waals surface area contributed by atoms with E-state index in [-0.39, 0.29) is 24.0 Å². The highest BCUT2D eigenvalue weighted by Gasteiger charge is 2.38. The molecule has 0 aromatic rings. The van der Waals surface area contributed by atoms with Gasteiger partial charge >= 0.3 is 0 Å². The Labute approximate surface area is 102 Å². The van der Waals surface area contributed by atoms with Crippen LogP contribution in [0.3, 0.4) is 0 Å².